The summed E-state index contributed by atoms with van der Waals surface area (Å²) in [7, 11) is 0. The molecule has 0 saturated heterocycles. The second-order valence-electron chi connectivity index (χ2n) is 3.62. The summed E-state index contributed by atoms with van der Waals surface area (Å²) >= 11 is 0. The fraction of sp³-hybridized carbons (Fsp3) is 0.556. The van der Waals surface area contributed by atoms with Gasteiger partial charge in [-0.15, -0.1) is 0 Å². The summed E-state index contributed by atoms with van der Waals surface area (Å²) in [5, 5.41) is 0. The van der Waals surface area contributed by atoms with Crippen molar-refractivity contribution in [3.8, 4) is 0 Å². The van der Waals surface area contributed by atoms with Gasteiger partial charge in [-0.2, -0.15) is 0 Å². The lowest BCUT2D eigenvalue weighted by atomic mass is 10.4. The molecule has 90 valence electrons. The first-order chi connectivity index (χ1) is 7.56. The van der Waals surface area contributed by atoms with Gasteiger partial charge in [-0.05, 0) is 13.8 Å². The minimum Gasteiger partial charge on any atom is -0.356 e. The number of nitrogens with zero attached hydrogens (tertiary/aromatic N) is 2. The molecular weight excluding hydrogens is 212 g/mol. The summed E-state index contributed by atoms with van der Waals surface area (Å²) in [6.45, 7) is 4.11. The Bertz CT molecular complexity index is 407. The van der Waals surface area contributed by atoms with Crippen LogP contribution in [0.5, 0.6) is 0 Å². The summed E-state index contributed by atoms with van der Waals surface area (Å²) in [5.74, 6) is 4.30. The zero-order chi connectivity index (χ0) is 12.1. The fourth-order valence-corrected chi connectivity index (χ4v) is 1.32. The van der Waals surface area contributed by atoms with Crippen LogP contribution in [0.1, 0.15) is 26.3 Å². The molecule has 7 nitrogen and oxygen atoms in total. The van der Waals surface area contributed by atoms with Gasteiger partial charge in [-0.1, -0.05) is 5.59 Å². The highest BCUT2D eigenvalue weighted by Gasteiger charge is 2.08. The fourth-order valence-electron chi connectivity index (χ4n) is 1.32. The van der Waals surface area contributed by atoms with E-state index in [9.17, 15) is 9.59 Å². The van der Waals surface area contributed by atoms with Gasteiger partial charge in [0.2, 0.25) is 0 Å². The Balaban J connectivity index is 2.62. The van der Waals surface area contributed by atoms with E-state index < -0.39 is 5.97 Å². The van der Waals surface area contributed by atoms with Crippen molar-refractivity contribution in [3.05, 3.63) is 22.9 Å². The highest BCUT2D eigenvalue weighted by Crippen LogP contribution is 1.99. The molecule has 0 radical (unpaired) electrons. The van der Waals surface area contributed by atoms with Crippen LogP contribution in [0, 0.1) is 0 Å². The van der Waals surface area contributed by atoms with E-state index in [2.05, 4.69) is 4.84 Å². The smallest absolute Gasteiger partial charge is 0.328 e. The summed E-state index contributed by atoms with van der Waals surface area (Å²) in [4.78, 5) is 27.0. The van der Waals surface area contributed by atoms with Gasteiger partial charge in [0.15, 0.2) is 0 Å². The molecule has 1 aromatic heterocycles. The molecule has 0 saturated carbocycles. The first kappa shape index (κ1) is 12.5. The molecule has 1 rings (SSSR count). The van der Waals surface area contributed by atoms with Crippen molar-refractivity contribution in [2.45, 2.75) is 32.9 Å². The van der Waals surface area contributed by atoms with E-state index in [4.69, 9.17) is 5.84 Å². The van der Waals surface area contributed by atoms with Gasteiger partial charge in [-0.25, -0.2) is 10.6 Å². The number of carbonyl (C=O) groups excluding carboxylic acids is 1. The molecule has 0 unspecified atom stereocenters. The molecule has 0 fully saturated rings. The van der Waals surface area contributed by atoms with Crippen LogP contribution in [0.25, 0.3) is 0 Å². The summed E-state index contributed by atoms with van der Waals surface area (Å²) in [6.07, 6.45) is 3.43. The van der Waals surface area contributed by atoms with E-state index in [-0.39, 0.29) is 24.7 Å². The Labute approximate surface area is 92.7 Å². The van der Waals surface area contributed by atoms with Gasteiger partial charge >= 0.3 is 11.7 Å². The van der Waals surface area contributed by atoms with Crippen LogP contribution in [0.3, 0.4) is 0 Å². The number of nitrogens with one attached hydrogen (secondary N) is 1. The topological polar surface area (TPSA) is 91.3 Å². The quantitative estimate of drug-likeness (QED) is 0.525. The van der Waals surface area contributed by atoms with Crippen molar-refractivity contribution >= 4 is 5.97 Å². The molecule has 0 aromatic carbocycles. The van der Waals surface area contributed by atoms with Crippen molar-refractivity contribution in [1.29, 1.82) is 0 Å². The molecule has 0 atom stereocenters. The molecule has 3 N–H and O–H groups in total. The third-order valence-corrected chi connectivity index (χ3v) is 2.16. The lowest BCUT2D eigenvalue weighted by Crippen LogP contribution is -2.29. The molecule has 0 aliphatic rings. The molecule has 0 spiro atoms. The minimum atomic E-state index is -0.508. The maximum absolute atomic E-state index is 11.7. The third-order valence-electron chi connectivity index (χ3n) is 2.16. The Morgan fingerprint density at radius 2 is 2.25 bits per heavy atom. The number of aryl methyl sites for hydroxylation is 1. The van der Waals surface area contributed by atoms with Crippen LogP contribution in [0.15, 0.2) is 17.2 Å². The standard InChI is InChI=1S/C9H16N4O3/c1-7(2)13-6-5-12(9(13)15)4-3-8(14)16-11-10/h5-7,11H,3-4,10H2,1-2H3. The van der Waals surface area contributed by atoms with E-state index in [1.807, 2.05) is 13.8 Å². The molecule has 7 heteroatoms. The van der Waals surface area contributed by atoms with Crippen LogP contribution < -0.4 is 17.1 Å². The van der Waals surface area contributed by atoms with E-state index in [1.165, 1.54) is 4.57 Å². The molecular formula is C9H16N4O3. The SMILES string of the molecule is CC(C)n1ccn(CCC(=O)ONN)c1=O. The van der Waals surface area contributed by atoms with E-state index in [1.54, 1.807) is 22.5 Å². The van der Waals surface area contributed by atoms with Gasteiger partial charge in [0.1, 0.15) is 0 Å². The Morgan fingerprint density at radius 1 is 1.56 bits per heavy atom. The van der Waals surface area contributed by atoms with Gasteiger partial charge in [0.25, 0.3) is 0 Å². The van der Waals surface area contributed by atoms with Crippen molar-refractivity contribution < 1.29 is 9.63 Å². The van der Waals surface area contributed by atoms with Crippen LogP contribution in [0.2, 0.25) is 0 Å². The van der Waals surface area contributed by atoms with E-state index in [0.29, 0.717) is 0 Å². The molecule has 0 amide bonds. The van der Waals surface area contributed by atoms with Crippen molar-refractivity contribution in [2.75, 3.05) is 0 Å². The maximum Gasteiger partial charge on any atom is 0.328 e. The number of hydrogen-bond donors (Lipinski definition) is 2. The zero-order valence-electron chi connectivity index (χ0n) is 9.34. The van der Waals surface area contributed by atoms with Crippen molar-refractivity contribution in [2.24, 2.45) is 5.84 Å². The summed E-state index contributed by atoms with van der Waals surface area (Å²) in [6, 6.07) is 0.103. The lowest BCUT2D eigenvalue weighted by molar-refractivity contribution is -0.151. The molecule has 16 heavy (non-hydrogen) atoms. The average Bonchev–Trinajstić information content (AvgIpc) is 2.57. The van der Waals surface area contributed by atoms with Gasteiger partial charge in [0.05, 0.1) is 6.42 Å². The second-order valence-corrected chi connectivity index (χ2v) is 3.62. The number of imidazole rings is 1. The monoisotopic (exact) mass is 228 g/mol. The van der Waals surface area contributed by atoms with Crippen LogP contribution in [0.4, 0.5) is 0 Å². The van der Waals surface area contributed by atoms with Gasteiger partial charge < -0.3 is 4.84 Å². The number of rotatable bonds is 5. The Kier molecular flexibility index (Phi) is 4.27. The van der Waals surface area contributed by atoms with E-state index >= 15 is 0 Å². The Morgan fingerprint density at radius 3 is 2.75 bits per heavy atom. The summed E-state index contributed by atoms with van der Waals surface area (Å²) in [5.41, 5.74) is 1.66. The molecule has 0 aliphatic carbocycles. The number of carbonyl (C=O) groups is 1. The van der Waals surface area contributed by atoms with E-state index in [0.717, 1.165) is 0 Å². The Hall–Kier alpha value is -1.60. The number of aromatic nitrogens is 2. The largest absolute Gasteiger partial charge is 0.356 e. The highest BCUT2D eigenvalue weighted by atomic mass is 16.7. The molecule has 0 aliphatic heterocycles. The molecule has 1 aromatic rings. The van der Waals surface area contributed by atoms with Crippen LogP contribution in [-0.4, -0.2) is 15.1 Å². The third kappa shape index (κ3) is 2.94. The molecule has 1 heterocycles. The molecule has 0 bridgehead atoms. The van der Waals surface area contributed by atoms with Gasteiger partial charge in [-0.3, -0.25) is 13.9 Å². The average molecular weight is 228 g/mol. The zero-order valence-corrected chi connectivity index (χ0v) is 9.34. The maximum atomic E-state index is 11.7. The summed E-state index contributed by atoms with van der Waals surface area (Å²) < 4.78 is 3.05. The van der Waals surface area contributed by atoms with Crippen LogP contribution >= 0.6 is 0 Å². The second kappa shape index (κ2) is 5.47. The number of nitrogens with two attached hydrogens (primary N) is 1. The number of hydrazine groups is 1. The predicted octanol–water partition coefficient (Wildman–Crippen LogP) is -0.458. The lowest BCUT2D eigenvalue weighted by Gasteiger charge is -2.04. The first-order valence-corrected chi connectivity index (χ1v) is 4.98. The predicted molar refractivity (Wildman–Crippen MR) is 57.1 cm³/mol. The minimum absolute atomic E-state index is 0.0895. The highest BCUT2D eigenvalue weighted by molar-refractivity contribution is 5.68. The van der Waals surface area contributed by atoms with Crippen LogP contribution in [-0.2, 0) is 16.2 Å². The normalized spacial score (nSPS) is 10.8. The van der Waals surface area contributed by atoms with Crippen molar-refractivity contribution in [3.63, 3.8) is 0 Å². The van der Waals surface area contributed by atoms with Crippen molar-refractivity contribution in [1.82, 2.24) is 14.7 Å². The number of hydrogen-bond acceptors (Lipinski definition) is 5. The van der Waals surface area contributed by atoms with Gasteiger partial charge in [0, 0.05) is 25.0 Å². The first-order valence-electron chi connectivity index (χ1n) is 4.98.